The lowest BCUT2D eigenvalue weighted by Crippen LogP contribution is -2.50. The maximum atomic E-state index is 9.10. The number of nitrogens with one attached hydrogen (secondary N) is 1. The van der Waals surface area contributed by atoms with Gasteiger partial charge in [0.15, 0.2) is 0 Å². The number of piperidine rings is 1. The second-order valence-corrected chi connectivity index (χ2v) is 4.10. The summed E-state index contributed by atoms with van der Waals surface area (Å²) in [5, 5.41) is 12.5. The summed E-state index contributed by atoms with van der Waals surface area (Å²) in [5.74, 6) is 0. The molecule has 0 radical (unpaired) electrons. The van der Waals surface area contributed by atoms with Crippen LogP contribution in [0.4, 0.5) is 0 Å². The van der Waals surface area contributed by atoms with E-state index in [1.54, 1.807) is 7.11 Å². The van der Waals surface area contributed by atoms with Crippen LogP contribution in [0.5, 0.6) is 0 Å². The van der Waals surface area contributed by atoms with Crippen molar-refractivity contribution in [2.45, 2.75) is 24.9 Å². The van der Waals surface area contributed by atoms with Crippen molar-refractivity contribution in [2.24, 2.45) is 0 Å². The maximum absolute atomic E-state index is 9.10. The van der Waals surface area contributed by atoms with Crippen LogP contribution in [0.1, 0.15) is 12.8 Å². The molecular weight excluding hydrogens is 180 g/mol. The van der Waals surface area contributed by atoms with E-state index in [4.69, 9.17) is 9.84 Å². The molecule has 0 amide bonds. The molecule has 4 heteroatoms. The number of hydrogen-bond donors (Lipinski definition) is 2. The number of likely N-dealkylation sites (tertiary alicyclic amines) is 1. The first-order valence-electron chi connectivity index (χ1n) is 5.30. The molecule has 4 nitrogen and oxygen atoms in total. The molecule has 1 aliphatic rings. The van der Waals surface area contributed by atoms with Crippen molar-refractivity contribution in [1.29, 1.82) is 0 Å². The zero-order valence-electron chi connectivity index (χ0n) is 9.20. The number of aliphatic hydroxyl groups is 1. The summed E-state index contributed by atoms with van der Waals surface area (Å²) in [6.07, 6.45) is 2.43. The summed E-state index contributed by atoms with van der Waals surface area (Å²) >= 11 is 0. The molecule has 84 valence electrons. The van der Waals surface area contributed by atoms with Gasteiger partial charge in [-0.05, 0) is 26.4 Å². The lowest BCUT2D eigenvalue weighted by Gasteiger charge is -2.32. The molecule has 0 aromatic rings. The zero-order chi connectivity index (χ0) is 10.4. The minimum atomic E-state index is 0.0801. The monoisotopic (exact) mass is 202 g/mol. The van der Waals surface area contributed by atoms with E-state index in [1.165, 1.54) is 19.4 Å². The standard InChI is InChI=1S/C10H22N2O2/c1-12-5-3-4-9(6-12)11-10(7-13)8-14-2/h9-11,13H,3-8H2,1-2H3. The molecule has 1 fully saturated rings. The highest BCUT2D eigenvalue weighted by Gasteiger charge is 2.19. The molecule has 1 heterocycles. The maximum Gasteiger partial charge on any atom is 0.0638 e. The van der Waals surface area contributed by atoms with Gasteiger partial charge >= 0.3 is 0 Å². The summed E-state index contributed by atoms with van der Waals surface area (Å²) in [7, 11) is 3.80. The third-order valence-corrected chi connectivity index (χ3v) is 2.68. The fourth-order valence-corrected chi connectivity index (χ4v) is 1.99. The molecule has 1 saturated heterocycles. The average Bonchev–Trinajstić information content (AvgIpc) is 2.17. The molecule has 0 aromatic heterocycles. The number of hydrogen-bond acceptors (Lipinski definition) is 4. The van der Waals surface area contributed by atoms with Crippen LogP contribution in [0.2, 0.25) is 0 Å². The number of nitrogens with zero attached hydrogens (tertiary/aromatic N) is 1. The predicted octanol–water partition coefficient (Wildman–Crippen LogP) is -0.322. The van der Waals surface area contributed by atoms with Crippen molar-refractivity contribution in [1.82, 2.24) is 10.2 Å². The van der Waals surface area contributed by atoms with E-state index in [0.29, 0.717) is 12.6 Å². The molecular formula is C10H22N2O2. The molecule has 0 saturated carbocycles. The molecule has 1 aliphatic heterocycles. The van der Waals surface area contributed by atoms with Crippen molar-refractivity contribution >= 4 is 0 Å². The summed E-state index contributed by atoms with van der Waals surface area (Å²) < 4.78 is 5.03. The first-order chi connectivity index (χ1) is 6.76. The number of methoxy groups -OCH3 is 1. The molecule has 14 heavy (non-hydrogen) atoms. The number of ether oxygens (including phenoxy) is 1. The largest absolute Gasteiger partial charge is 0.395 e. The Labute approximate surface area is 86.2 Å². The normalized spacial score (nSPS) is 26.4. The van der Waals surface area contributed by atoms with Gasteiger partial charge in [0.05, 0.1) is 19.3 Å². The van der Waals surface area contributed by atoms with Gasteiger partial charge in [-0.2, -0.15) is 0 Å². The van der Waals surface area contributed by atoms with E-state index < -0.39 is 0 Å². The average molecular weight is 202 g/mol. The SMILES string of the molecule is COCC(CO)NC1CCCN(C)C1. The highest BCUT2D eigenvalue weighted by molar-refractivity contribution is 4.79. The highest BCUT2D eigenvalue weighted by atomic mass is 16.5. The van der Waals surface area contributed by atoms with Crippen molar-refractivity contribution in [3.8, 4) is 0 Å². The predicted molar refractivity (Wildman–Crippen MR) is 56.4 cm³/mol. The van der Waals surface area contributed by atoms with Gasteiger partial charge in [0, 0.05) is 19.7 Å². The Bertz CT molecular complexity index is 155. The summed E-state index contributed by atoms with van der Waals surface area (Å²) in [5.41, 5.74) is 0. The number of likely N-dealkylation sites (N-methyl/N-ethyl adjacent to an activating group) is 1. The van der Waals surface area contributed by atoms with Crippen molar-refractivity contribution in [2.75, 3.05) is 40.5 Å². The van der Waals surface area contributed by atoms with E-state index in [9.17, 15) is 0 Å². The van der Waals surface area contributed by atoms with Gasteiger partial charge in [0.25, 0.3) is 0 Å². The minimum Gasteiger partial charge on any atom is -0.395 e. The molecule has 0 aliphatic carbocycles. The second kappa shape index (κ2) is 6.35. The van der Waals surface area contributed by atoms with Crippen LogP contribution in [0, 0.1) is 0 Å². The Morgan fingerprint density at radius 3 is 3.00 bits per heavy atom. The summed E-state index contributed by atoms with van der Waals surface area (Å²) in [6.45, 7) is 2.98. The Kier molecular flexibility index (Phi) is 5.40. The topological polar surface area (TPSA) is 44.7 Å². The van der Waals surface area contributed by atoms with E-state index >= 15 is 0 Å². The Morgan fingerprint density at radius 2 is 2.43 bits per heavy atom. The smallest absolute Gasteiger partial charge is 0.0638 e. The van der Waals surface area contributed by atoms with Gasteiger partial charge in [-0.25, -0.2) is 0 Å². The molecule has 0 bridgehead atoms. The van der Waals surface area contributed by atoms with E-state index in [2.05, 4.69) is 17.3 Å². The van der Waals surface area contributed by atoms with Crippen molar-refractivity contribution in [3.63, 3.8) is 0 Å². The van der Waals surface area contributed by atoms with Gasteiger partial charge in [-0.3, -0.25) is 0 Å². The molecule has 0 aromatic carbocycles. The molecule has 2 unspecified atom stereocenters. The Hall–Kier alpha value is -0.160. The first-order valence-corrected chi connectivity index (χ1v) is 5.30. The minimum absolute atomic E-state index is 0.0801. The van der Waals surface area contributed by atoms with Gasteiger partial charge in [0.2, 0.25) is 0 Å². The highest BCUT2D eigenvalue weighted by Crippen LogP contribution is 2.08. The quantitative estimate of drug-likeness (QED) is 0.641. The molecule has 1 rings (SSSR count). The van der Waals surface area contributed by atoms with Crippen LogP contribution in [-0.4, -0.2) is 62.6 Å². The van der Waals surface area contributed by atoms with Gasteiger partial charge in [-0.15, -0.1) is 0 Å². The Balaban J connectivity index is 2.26. The van der Waals surface area contributed by atoms with Crippen LogP contribution >= 0.6 is 0 Å². The molecule has 2 atom stereocenters. The van der Waals surface area contributed by atoms with Crippen LogP contribution in [0.3, 0.4) is 0 Å². The van der Waals surface area contributed by atoms with Crippen LogP contribution in [-0.2, 0) is 4.74 Å². The van der Waals surface area contributed by atoms with Crippen molar-refractivity contribution in [3.05, 3.63) is 0 Å². The summed E-state index contributed by atoms with van der Waals surface area (Å²) in [6, 6.07) is 0.581. The van der Waals surface area contributed by atoms with Gasteiger partial charge < -0.3 is 20.1 Å². The van der Waals surface area contributed by atoms with E-state index in [0.717, 1.165) is 6.54 Å². The van der Waals surface area contributed by atoms with E-state index in [1.807, 2.05) is 0 Å². The zero-order valence-corrected chi connectivity index (χ0v) is 9.20. The van der Waals surface area contributed by atoms with Crippen LogP contribution < -0.4 is 5.32 Å². The van der Waals surface area contributed by atoms with Gasteiger partial charge in [-0.1, -0.05) is 0 Å². The lowest BCUT2D eigenvalue weighted by atomic mass is 10.1. The second-order valence-electron chi connectivity index (χ2n) is 4.10. The summed E-state index contributed by atoms with van der Waals surface area (Å²) in [4.78, 5) is 2.32. The van der Waals surface area contributed by atoms with E-state index in [-0.39, 0.29) is 12.6 Å². The van der Waals surface area contributed by atoms with Crippen LogP contribution in [0.25, 0.3) is 0 Å². The third kappa shape index (κ3) is 3.92. The van der Waals surface area contributed by atoms with Crippen LogP contribution in [0.15, 0.2) is 0 Å². The molecule has 0 spiro atoms. The van der Waals surface area contributed by atoms with Crippen molar-refractivity contribution < 1.29 is 9.84 Å². The fourth-order valence-electron chi connectivity index (χ4n) is 1.99. The molecule has 2 N–H and O–H groups in total. The Morgan fingerprint density at radius 1 is 1.64 bits per heavy atom. The van der Waals surface area contributed by atoms with Gasteiger partial charge in [0.1, 0.15) is 0 Å². The fraction of sp³-hybridized carbons (Fsp3) is 1.00. The first kappa shape index (κ1) is 11.9. The lowest BCUT2D eigenvalue weighted by molar-refractivity contribution is 0.110. The number of aliphatic hydroxyl groups excluding tert-OH is 1. The third-order valence-electron chi connectivity index (χ3n) is 2.68. The number of rotatable bonds is 5.